The van der Waals surface area contributed by atoms with Gasteiger partial charge in [0.1, 0.15) is 17.6 Å². The highest BCUT2D eigenvalue weighted by Crippen LogP contribution is 2.33. The minimum absolute atomic E-state index is 0.0756. The summed E-state index contributed by atoms with van der Waals surface area (Å²) in [5.41, 5.74) is 1.93. The van der Waals surface area contributed by atoms with Crippen LogP contribution in [0.5, 0.6) is 5.75 Å². The smallest absolute Gasteiger partial charge is 0.227 e. The molecular formula is C23H23ClN2O3. The van der Waals surface area contributed by atoms with Crippen molar-refractivity contribution in [3.8, 4) is 5.75 Å². The van der Waals surface area contributed by atoms with Gasteiger partial charge in [0, 0.05) is 18.0 Å². The van der Waals surface area contributed by atoms with Gasteiger partial charge in [0.2, 0.25) is 11.8 Å². The number of likely N-dealkylation sites (tertiary alicyclic amines) is 1. The molecule has 1 atom stereocenters. The van der Waals surface area contributed by atoms with Crippen molar-refractivity contribution >= 4 is 17.5 Å². The number of methoxy groups -OCH3 is 1. The number of aromatic nitrogens is 1. The van der Waals surface area contributed by atoms with E-state index in [1.807, 2.05) is 53.4 Å². The summed E-state index contributed by atoms with van der Waals surface area (Å²) in [4.78, 5) is 19.3. The highest BCUT2D eigenvalue weighted by atomic mass is 35.5. The van der Waals surface area contributed by atoms with Crippen molar-refractivity contribution in [1.29, 1.82) is 0 Å². The maximum Gasteiger partial charge on any atom is 0.227 e. The van der Waals surface area contributed by atoms with Crippen LogP contribution < -0.4 is 4.74 Å². The Morgan fingerprint density at radius 2 is 2.14 bits per heavy atom. The second-order valence-corrected chi connectivity index (χ2v) is 7.61. The zero-order chi connectivity index (χ0) is 20.2. The maximum absolute atomic E-state index is 12.9. The van der Waals surface area contributed by atoms with Gasteiger partial charge in [-0.15, -0.1) is 0 Å². The van der Waals surface area contributed by atoms with E-state index in [1.165, 1.54) is 0 Å². The quantitative estimate of drug-likeness (QED) is 0.583. The first kappa shape index (κ1) is 19.5. The number of halogens is 1. The van der Waals surface area contributed by atoms with Crippen molar-refractivity contribution in [2.24, 2.45) is 0 Å². The number of hydrogen-bond donors (Lipinski definition) is 0. The number of carbonyl (C=O) groups excluding carboxylic acids is 1. The summed E-state index contributed by atoms with van der Waals surface area (Å²) in [6, 6.07) is 15.2. The van der Waals surface area contributed by atoms with E-state index in [0.717, 1.165) is 42.0 Å². The Morgan fingerprint density at radius 3 is 2.97 bits per heavy atom. The van der Waals surface area contributed by atoms with Crippen LogP contribution in [0.4, 0.5) is 0 Å². The number of carbonyl (C=O) groups is 1. The molecule has 3 aromatic rings. The molecule has 2 aromatic carbocycles. The Bertz CT molecular complexity index is 1000. The molecule has 29 heavy (non-hydrogen) atoms. The van der Waals surface area contributed by atoms with Gasteiger partial charge in [0.15, 0.2) is 0 Å². The molecule has 0 bridgehead atoms. The fourth-order valence-corrected chi connectivity index (χ4v) is 3.97. The van der Waals surface area contributed by atoms with Crippen molar-refractivity contribution in [3.63, 3.8) is 0 Å². The lowest BCUT2D eigenvalue weighted by molar-refractivity contribution is -0.131. The fraction of sp³-hybridized carbons (Fsp3) is 0.304. The lowest BCUT2D eigenvalue weighted by atomic mass is 10.1. The Labute approximate surface area is 175 Å². The second-order valence-electron chi connectivity index (χ2n) is 7.21. The molecule has 1 fully saturated rings. The Balaban J connectivity index is 1.46. The molecule has 1 aliphatic rings. The summed E-state index contributed by atoms with van der Waals surface area (Å²) in [5.74, 6) is 2.18. The summed E-state index contributed by atoms with van der Waals surface area (Å²) in [6.45, 7) is 0.718. The summed E-state index contributed by atoms with van der Waals surface area (Å²) in [5, 5.41) is 0.710. The van der Waals surface area contributed by atoms with E-state index < -0.39 is 0 Å². The largest absolute Gasteiger partial charge is 0.497 e. The first-order chi connectivity index (χ1) is 14.1. The zero-order valence-corrected chi connectivity index (χ0v) is 17.1. The normalized spacial score (nSPS) is 16.2. The Morgan fingerprint density at radius 1 is 1.28 bits per heavy atom. The number of oxazole rings is 1. The topological polar surface area (TPSA) is 55.6 Å². The summed E-state index contributed by atoms with van der Waals surface area (Å²) >= 11 is 6.25. The first-order valence-corrected chi connectivity index (χ1v) is 10.1. The fourth-order valence-electron chi connectivity index (χ4n) is 3.77. The molecule has 1 amide bonds. The molecule has 1 aromatic heterocycles. The lowest BCUT2D eigenvalue weighted by Crippen LogP contribution is -2.32. The number of rotatable bonds is 6. The number of ether oxygens (including phenoxy) is 1. The predicted octanol–water partition coefficient (Wildman–Crippen LogP) is 4.83. The monoisotopic (exact) mass is 410 g/mol. The van der Waals surface area contributed by atoms with Gasteiger partial charge >= 0.3 is 0 Å². The molecule has 0 radical (unpaired) electrons. The average molecular weight is 411 g/mol. The van der Waals surface area contributed by atoms with E-state index in [0.29, 0.717) is 23.8 Å². The molecule has 5 nitrogen and oxygen atoms in total. The van der Waals surface area contributed by atoms with E-state index >= 15 is 0 Å². The van der Waals surface area contributed by atoms with Gasteiger partial charge in [0.25, 0.3) is 0 Å². The molecular weight excluding hydrogens is 388 g/mol. The Hall–Kier alpha value is -2.79. The van der Waals surface area contributed by atoms with Gasteiger partial charge in [-0.25, -0.2) is 4.98 Å². The van der Waals surface area contributed by atoms with Crippen molar-refractivity contribution in [2.75, 3.05) is 13.7 Å². The van der Waals surface area contributed by atoms with Crippen molar-refractivity contribution in [3.05, 3.63) is 82.5 Å². The lowest BCUT2D eigenvalue weighted by Gasteiger charge is -2.22. The third kappa shape index (κ3) is 4.46. The van der Waals surface area contributed by atoms with Gasteiger partial charge in [-0.05, 0) is 42.2 Å². The van der Waals surface area contributed by atoms with Crippen LogP contribution in [0.25, 0.3) is 0 Å². The molecule has 0 N–H and O–H groups in total. The SMILES string of the molecule is COc1cccc(CC(=O)N2CCCC2c2ncc(Cc3ccccc3Cl)o2)c1. The van der Waals surface area contributed by atoms with E-state index in [1.54, 1.807) is 13.3 Å². The van der Waals surface area contributed by atoms with Gasteiger partial charge in [-0.3, -0.25) is 4.79 Å². The number of nitrogens with zero attached hydrogens (tertiary/aromatic N) is 2. The van der Waals surface area contributed by atoms with Crippen LogP contribution in [-0.2, 0) is 17.6 Å². The molecule has 2 heterocycles. The van der Waals surface area contributed by atoms with E-state index in [-0.39, 0.29) is 11.9 Å². The molecule has 0 aliphatic carbocycles. The van der Waals surface area contributed by atoms with Crippen LogP contribution >= 0.6 is 11.6 Å². The predicted molar refractivity (Wildman–Crippen MR) is 111 cm³/mol. The molecule has 4 rings (SSSR count). The molecule has 1 unspecified atom stereocenters. The molecule has 6 heteroatoms. The van der Waals surface area contributed by atoms with E-state index in [9.17, 15) is 4.79 Å². The maximum atomic E-state index is 12.9. The molecule has 150 valence electrons. The number of hydrogen-bond acceptors (Lipinski definition) is 4. The third-order valence-electron chi connectivity index (χ3n) is 5.24. The van der Waals surface area contributed by atoms with Gasteiger partial charge in [-0.1, -0.05) is 41.9 Å². The van der Waals surface area contributed by atoms with E-state index in [2.05, 4.69) is 4.98 Å². The van der Waals surface area contributed by atoms with Crippen LogP contribution in [0.1, 0.15) is 41.7 Å². The minimum atomic E-state index is -0.117. The van der Waals surface area contributed by atoms with Crippen LogP contribution in [0.3, 0.4) is 0 Å². The van der Waals surface area contributed by atoms with Gasteiger partial charge < -0.3 is 14.1 Å². The molecule has 1 saturated heterocycles. The van der Waals surface area contributed by atoms with Crippen molar-refractivity contribution in [1.82, 2.24) is 9.88 Å². The number of amides is 1. The zero-order valence-electron chi connectivity index (χ0n) is 16.3. The van der Waals surface area contributed by atoms with Crippen LogP contribution in [-0.4, -0.2) is 29.4 Å². The van der Waals surface area contributed by atoms with Crippen LogP contribution in [0.15, 0.2) is 59.1 Å². The van der Waals surface area contributed by atoms with Crippen molar-refractivity contribution < 1.29 is 13.9 Å². The van der Waals surface area contributed by atoms with Gasteiger partial charge in [0.05, 0.1) is 19.7 Å². The Kier molecular flexibility index (Phi) is 5.86. The first-order valence-electron chi connectivity index (χ1n) is 9.74. The summed E-state index contributed by atoms with van der Waals surface area (Å²) in [6.07, 6.45) is 4.45. The summed E-state index contributed by atoms with van der Waals surface area (Å²) in [7, 11) is 1.63. The highest BCUT2D eigenvalue weighted by Gasteiger charge is 2.33. The minimum Gasteiger partial charge on any atom is -0.497 e. The highest BCUT2D eigenvalue weighted by molar-refractivity contribution is 6.31. The van der Waals surface area contributed by atoms with Gasteiger partial charge in [-0.2, -0.15) is 0 Å². The van der Waals surface area contributed by atoms with Crippen LogP contribution in [0, 0.1) is 0 Å². The number of benzene rings is 2. The molecule has 0 spiro atoms. The third-order valence-corrected chi connectivity index (χ3v) is 5.61. The standard InChI is InChI=1S/C23H23ClN2O3/c1-28-18-8-4-6-16(12-18)13-22(27)26-11-5-10-21(26)23-25-15-19(29-23)14-17-7-2-3-9-20(17)24/h2-4,6-9,12,15,21H,5,10-11,13-14H2,1H3. The van der Waals surface area contributed by atoms with Crippen molar-refractivity contribution in [2.45, 2.75) is 31.7 Å². The summed E-state index contributed by atoms with van der Waals surface area (Å²) < 4.78 is 11.3. The van der Waals surface area contributed by atoms with E-state index in [4.69, 9.17) is 20.8 Å². The van der Waals surface area contributed by atoms with Crippen LogP contribution in [0.2, 0.25) is 5.02 Å². The molecule has 1 aliphatic heterocycles. The second kappa shape index (κ2) is 8.70. The molecule has 0 saturated carbocycles. The average Bonchev–Trinajstić information content (AvgIpc) is 3.39.